The highest BCUT2D eigenvalue weighted by molar-refractivity contribution is 5.96. The maximum atomic E-state index is 12.2. The molecule has 1 aromatic carbocycles. The molecule has 0 aliphatic carbocycles. The minimum absolute atomic E-state index is 0.158. The Hall–Kier alpha value is -4.66. The van der Waals surface area contributed by atoms with Gasteiger partial charge in [0, 0.05) is 47.7 Å². The lowest BCUT2D eigenvalue weighted by atomic mass is 9.92. The maximum absolute atomic E-state index is 12.2. The van der Waals surface area contributed by atoms with Crippen LogP contribution in [0.15, 0.2) is 73.1 Å². The summed E-state index contributed by atoms with van der Waals surface area (Å²) in [6.45, 7) is 0.746. The summed E-state index contributed by atoms with van der Waals surface area (Å²) < 4.78 is 0. The van der Waals surface area contributed by atoms with E-state index in [1.165, 1.54) is 0 Å². The summed E-state index contributed by atoms with van der Waals surface area (Å²) in [7, 11) is 0. The first-order valence-electron chi connectivity index (χ1n) is 11.4. The van der Waals surface area contributed by atoms with Crippen LogP contribution in [0.2, 0.25) is 0 Å². The molecule has 0 spiro atoms. The van der Waals surface area contributed by atoms with Gasteiger partial charge in [-0.15, -0.1) is 0 Å². The Kier molecular flexibility index (Phi) is 4.77. The Balaban J connectivity index is 1.41. The molecule has 0 radical (unpaired) electrons. The first-order chi connectivity index (χ1) is 17.0. The van der Waals surface area contributed by atoms with Gasteiger partial charge in [0.2, 0.25) is 5.91 Å². The van der Waals surface area contributed by atoms with Gasteiger partial charge in [-0.3, -0.25) is 4.79 Å². The molecule has 1 fully saturated rings. The van der Waals surface area contributed by atoms with Crippen molar-refractivity contribution in [3.8, 4) is 11.3 Å². The molecular formula is C26H24N8O. The largest absolute Gasteiger partial charge is 0.384 e. The molecule has 1 unspecified atom stereocenters. The van der Waals surface area contributed by atoms with E-state index in [0.29, 0.717) is 23.9 Å². The van der Waals surface area contributed by atoms with Gasteiger partial charge in [0.25, 0.3) is 0 Å². The van der Waals surface area contributed by atoms with E-state index in [1.807, 2.05) is 59.5 Å². The molecule has 5 heterocycles. The predicted octanol–water partition coefficient (Wildman–Crippen LogP) is 3.57. The standard InChI is InChI=1S/C26H24N8O/c27-22-15-17(10-12-29-22)26(19-6-2-11-30-24(19)28)32-21-9-8-20(31-25(21)33-26)16-4-1-5-18(14-16)34-13-3-7-23(34)35/h1-2,4-6,8-12,14-15,32H,3,7,13H2,(H2,27,29)(H2,28,30)(H,31,33). The monoisotopic (exact) mass is 464 g/mol. The van der Waals surface area contributed by atoms with Gasteiger partial charge in [-0.1, -0.05) is 12.1 Å². The lowest BCUT2D eigenvalue weighted by Crippen LogP contribution is -2.41. The van der Waals surface area contributed by atoms with Crippen molar-refractivity contribution in [3.05, 3.63) is 84.2 Å². The molecule has 35 heavy (non-hydrogen) atoms. The number of nitrogens with two attached hydrogens (primary N) is 2. The highest BCUT2D eigenvalue weighted by atomic mass is 16.2. The number of nitrogen functional groups attached to an aromatic ring is 2. The van der Waals surface area contributed by atoms with Crippen molar-refractivity contribution in [2.45, 2.75) is 18.5 Å². The fourth-order valence-corrected chi connectivity index (χ4v) is 4.83. The molecule has 6 N–H and O–H groups in total. The molecule has 174 valence electrons. The van der Waals surface area contributed by atoms with E-state index in [2.05, 4.69) is 20.6 Å². The fourth-order valence-electron chi connectivity index (χ4n) is 4.83. The van der Waals surface area contributed by atoms with Gasteiger partial charge in [-0.2, -0.15) is 0 Å². The number of hydrogen-bond donors (Lipinski definition) is 4. The zero-order valence-corrected chi connectivity index (χ0v) is 18.9. The van der Waals surface area contributed by atoms with E-state index in [9.17, 15) is 4.79 Å². The van der Waals surface area contributed by atoms with Crippen LogP contribution in [0.5, 0.6) is 0 Å². The first-order valence-corrected chi connectivity index (χ1v) is 11.4. The van der Waals surface area contributed by atoms with Gasteiger partial charge in [0.05, 0.1) is 11.4 Å². The van der Waals surface area contributed by atoms with Crippen molar-refractivity contribution in [1.29, 1.82) is 0 Å². The minimum Gasteiger partial charge on any atom is -0.384 e. The highest BCUT2D eigenvalue weighted by Crippen LogP contribution is 2.45. The Labute approximate surface area is 202 Å². The molecule has 1 amide bonds. The lowest BCUT2D eigenvalue weighted by molar-refractivity contribution is -0.117. The second-order valence-electron chi connectivity index (χ2n) is 8.70. The van der Waals surface area contributed by atoms with E-state index in [-0.39, 0.29) is 5.91 Å². The van der Waals surface area contributed by atoms with Crippen LogP contribution in [0.4, 0.5) is 28.8 Å². The number of nitrogens with zero attached hydrogens (tertiary/aromatic N) is 4. The summed E-state index contributed by atoms with van der Waals surface area (Å²) in [4.78, 5) is 27.4. The number of hydrogen-bond acceptors (Lipinski definition) is 8. The number of carbonyl (C=O) groups excluding carboxylic acids is 1. The predicted molar refractivity (Wildman–Crippen MR) is 137 cm³/mol. The molecule has 1 atom stereocenters. The Morgan fingerprint density at radius 1 is 0.943 bits per heavy atom. The number of fused-ring (bicyclic) bond motifs is 1. The van der Waals surface area contributed by atoms with Gasteiger partial charge in [0.1, 0.15) is 11.6 Å². The summed E-state index contributed by atoms with van der Waals surface area (Å²) in [5.41, 5.74) is 16.4. The van der Waals surface area contributed by atoms with Gasteiger partial charge in [-0.25, -0.2) is 15.0 Å². The number of rotatable bonds is 4. The topological polar surface area (TPSA) is 135 Å². The summed E-state index contributed by atoms with van der Waals surface area (Å²) in [5.74, 6) is 1.61. The van der Waals surface area contributed by atoms with Crippen molar-refractivity contribution in [3.63, 3.8) is 0 Å². The third kappa shape index (κ3) is 3.48. The van der Waals surface area contributed by atoms with Gasteiger partial charge >= 0.3 is 0 Å². The van der Waals surface area contributed by atoms with Crippen LogP contribution in [-0.2, 0) is 10.5 Å². The van der Waals surface area contributed by atoms with Crippen LogP contribution >= 0.6 is 0 Å². The zero-order chi connectivity index (χ0) is 24.0. The molecule has 4 aromatic rings. The number of benzene rings is 1. The van der Waals surface area contributed by atoms with Crippen molar-refractivity contribution in [2.75, 3.05) is 33.5 Å². The molecular weight excluding hydrogens is 440 g/mol. The van der Waals surface area contributed by atoms with Crippen LogP contribution in [0.1, 0.15) is 24.0 Å². The molecule has 0 saturated carbocycles. The van der Waals surface area contributed by atoms with Crippen molar-refractivity contribution < 1.29 is 4.79 Å². The minimum atomic E-state index is -0.923. The maximum Gasteiger partial charge on any atom is 0.227 e. The van der Waals surface area contributed by atoms with Gasteiger partial charge < -0.3 is 27.0 Å². The molecule has 2 aliphatic rings. The second kappa shape index (κ2) is 7.98. The quantitative estimate of drug-likeness (QED) is 0.360. The number of aromatic nitrogens is 3. The Bertz CT molecular complexity index is 1450. The summed E-state index contributed by atoms with van der Waals surface area (Å²) in [6.07, 6.45) is 4.80. The first kappa shape index (κ1) is 20.9. The summed E-state index contributed by atoms with van der Waals surface area (Å²) >= 11 is 0. The van der Waals surface area contributed by atoms with E-state index in [0.717, 1.165) is 46.7 Å². The summed E-state index contributed by atoms with van der Waals surface area (Å²) in [6, 6.07) is 19.3. The molecule has 6 rings (SSSR count). The van der Waals surface area contributed by atoms with Crippen LogP contribution in [-0.4, -0.2) is 27.4 Å². The highest BCUT2D eigenvalue weighted by Gasteiger charge is 2.42. The normalized spacial score (nSPS) is 18.7. The van der Waals surface area contributed by atoms with E-state index in [1.54, 1.807) is 18.5 Å². The van der Waals surface area contributed by atoms with Crippen molar-refractivity contribution in [1.82, 2.24) is 15.0 Å². The molecule has 2 aliphatic heterocycles. The lowest BCUT2D eigenvalue weighted by Gasteiger charge is -2.32. The van der Waals surface area contributed by atoms with E-state index < -0.39 is 5.66 Å². The fraction of sp³-hybridized carbons (Fsp3) is 0.154. The van der Waals surface area contributed by atoms with Crippen LogP contribution in [0.25, 0.3) is 11.3 Å². The SMILES string of the molecule is Nc1cc(C2(c3cccnc3N)Nc3ccc(-c4cccc(N5CCCC5=O)c4)nc3N2)ccn1. The number of anilines is 5. The van der Waals surface area contributed by atoms with Crippen molar-refractivity contribution >= 4 is 34.7 Å². The Morgan fingerprint density at radius 3 is 2.66 bits per heavy atom. The third-order valence-electron chi connectivity index (χ3n) is 6.51. The third-order valence-corrected chi connectivity index (χ3v) is 6.51. The molecule has 9 nitrogen and oxygen atoms in total. The van der Waals surface area contributed by atoms with Crippen LogP contribution < -0.4 is 27.0 Å². The van der Waals surface area contributed by atoms with Gasteiger partial charge in [0.15, 0.2) is 11.5 Å². The number of pyridine rings is 3. The smallest absolute Gasteiger partial charge is 0.227 e. The number of carbonyl (C=O) groups is 1. The van der Waals surface area contributed by atoms with Gasteiger partial charge in [-0.05, 0) is 55.0 Å². The average Bonchev–Trinajstić information content (AvgIpc) is 3.48. The molecule has 3 aromatic heterocycles. The van der Waals surface area contributed by atoms with Crippen molar-refractivity contribution in [2.24, 2.45) is 0 Å². The zero-order valence-electron chi connectivity index (χ0n) is 18.9. The number of nitrogens with one attached hydrogen (secondary N) is 2. The van der Waals surface area contributed by atoms with E-state index in [4.69, 9.17) is 16.5 Å². The van der Waals surface area contributed by atoms with Crippen LogP contribution in [0, 0.1) is 0 Å². The average molecular weight is 465 g/mol. The Morgan fingerprint density at radius 2 is 1.86 bits per heavy atom. The second-order valence-corrected chi connectivity index (χ2v) is 8.70. The summed E-state index contributed by atoms with van der Waals surface area (Å²) in [5, 5.41) is 7.10. The molecule has 1 saturated heterocycles. The van der Waals surface area contributed by atoms with E-state index >= 15 is 0 Å². The van der Waals surface area contributed by atoms with Crippen LogP contribution in [0.3, 0.4) is 0 Å². The number of amides is 1. The molecule has 9 heteroatoms. The molecule has 0 bridgehead atoms.